The number of ketones is 1. The molecule has 19 nitrogen and oxygen atoms in total. The van der Waals surface area contributed by atoms with Gasteiger partial charge in [-0.25, -0.2) is 0 Å². The van der Waals surface area contributed by atoms with Gasteiger partial charge in [0.1, 0.15) is 103 Å². The van der Waals surface area contributed by atoms with Crippen molar-refractivity contribution in [3.8, 4) is 115 Å². The van der Waals surface area contributed by atoms with Crippen molar-refractivity contribution in [1.82, 2.24) is 0 Å². The van der Waals surface area contributed by atoms with E-state index in [1.807, 2.05) is 133 Å². The van der Waals surface area contributed by atoms with Crippen LogP contribution in [0.3, 0.4) is 0 Å². The number of hydrogen-bond acceptors (Lipinski definition) is 19. The van der Waals surface area contributed by atoms with Crippen molar-refractivity contribution >= 4 is 16.6 Å². The molecule has 0 saturated heterocycles. The maximum atomic E-state index is 14.4. The van der Waals surface area contributed by atoms with Gasteiger partial charge in [-0.05, 0) is 351 Å². The molecule has 0 aromatic heterocycles. The minimum atomic E-state index is -0.298. The molecule has 18 aromatic carbocycles. The van der Waals surface area contributed by atoms with Crippen LogP contribution in [0.2, 0.25) is 0 Å². The van der Waals surface area contributed by atoms with E-state index >= 15 is 0 Å². The van der Waals surface area contributed by atoms with Gasteiger partial charge in [-0.15, -0.1) is 0 Å². The zero-order chi connectivity index (χ0) is 96.8. The van der Waals surface area contributed by atoms with E-state index in [-0.39, 0.29) is 109 Å². The second-order valence-electron chi connectivity index (χ2n) is 34.8. The molecule has 19 heteroatoms. The lowest BCUT2D eigenvalue weighted by Gasteiger charge is -2.20. The molecule has 138 heavy (non-hydrogen) atoms. The predicted molar refractivity (Wildman–Crippen MR) is 533 cm³/mol. The highest BCUT2D eigenvalue weighted by molar-refractivity contribution is 6.10. The van der Waals surface area contributed by atoms with Gasteiger partial charge in [-0.3, -0.25) is 4.79 Å². The minimum Gasteiger partial charge on any atom is -0.508 e. The largest absolute Gasteiger partial charge is 0.508 e. The topological polar surface area (TPSA) is 381 Å². The molecule has 0 heterocycles. The Labute approximate surface area is 796 Å². The van der Waals surface area contributed by atoms with E-state index < -0.39 is 0 Å². The van der Waals surface area contributed by atoms with Crippen LogP contribution in [-0.2, 0) is 77.0 Å². The molecular weight excluding hydrogens is 1730 g/mol. The monoisotopic (exact) mass is 1830 g/mol. The molecule has 0 atom stereocenters. The summed E-state index contributed by atoms with van der Waals surface area (Å²) in [5, 5.41) is 189. The van der Waals surface area contributed by atoms with Crippen LogP contribution in [0.25, 0.3) is 21.9 Å². The van der Waals surface area contributed by atoms with Crippen molar-refractivity contribution in [2.45, 2.75) is 77.0 Å². The molecule has 690 valence electrons. The average Bonchev–Trinajstić information content (AvgIpc) is 0.742. The third kappa shape index (κ3) is 23.7. The fraction of sp³-hybridized carbons (Fsp3) is 0.101. The Hall–Kier alpha value is -17.7. The second kappa shape index (κ2) is 42.0. The Balaban J connectivity index is 0.000000150. The van der Waals surface area contributed by atoms with Crippen molar-refractivity contribution in [3.63, 3.8) is 0 Å². The Morgan fingerprint density at radius 1 is 0.145 bits per heavy atom. The van der Waals surface area contributed by atoms with Gasteiger partial charge < -0.3 is 91.9 Å². The number of fused-ring (bicyclic) bond motifs is 1. The summed E-state index contributed by atoms with van der Waals surface area (Å²) in [7, 11) is 0. The Kier molecular flexibility index (Phi) is 28.5. The lowest BCUT2D eigenvalue weighted by Crippen LogP contribution is -2.07. The fourth-order valence-corrected chi connectivity index (χ4v) is 17.3. The molecule has 18 rings (SSSR count). The summed E-state index contributed by atoms with van der Waals surface area (Å²) in [6.07, 6.45) is 4.53. The van der Waals surface area contributed by atoms with Crippen LogP contribution in [0.5, 0.6) is 103 Å². The standard InChI is InChI=1S/C41H34O7.C40H34O6.C38H32O6/c42-35-9-1-25(2-10-35)17-29-21-33(22-30(39(29)46)18-26-3-11-36(43)12-4-26)41(48)34-23-31(19-27-5-13-37(44)14-6-27)40(47)32(24-34)20-28-7-15-38(45)16-8-28;41-35-9-1-25(2-10-35)17-31-21-29(22-32(39(31)45)18-26-3-11-36(42)12-4-26)30-23-33(19-27-5-13-37(43)14-6-27)40(46)34(24-30)20-28-7-15-38(44)16-8-28;39-29-9-1-23(2-10-29)17-27-21-33-34(35(37(27)43)19-25-5-13-31(41)14-6-25)22-28(18-24-3-11-30(40)12-4-24)38(44)36(33)20-26-7-15-32(42)16-8-26/h1-16,21-24,42-47H,17-20H2;1-16,21-24,41-46H,17-20H2;1-16,21-22,39-44H,17-20H2. The van der Waals surface area contributed by atoms with Crippen LogP contribution in [-0.4, -0.2) is 97.7 Å². The first-order valence-corrected chi connectivity index (χ1v) is 44.8. The number of phenols is 18. The summed E-state index contributed by atoms with van der Waals surface area (Å²) < 4.78 is 0. The van der Waals surface area contributed by atoms with Crippen molar-refractivity contribution in [3.05, 3.63) is 496 Å². The van der Waals surface area contributed by atoms with Gasteiger partial charge >= 0.3 is 0 Å². The number of aromatic hydroxyl groups is 18. The maximum absolute atomic E-state index is 14.4. The van der Waals surface area contributed by atoms with E-state index in [4.69, 9.17) is 0 Å². The number of carbonyl (C=O) groups excluding carboxylic acids is 1. The van der Waals surface area contributed by atoms with Crippen molar-refractivity contribution < 1.29 is 96.7 Å². The van der Waals surface area contributed by atoms with Crippen LogP contribution in [0.1, 0.15) is 149 Å². The number of phenolic OH excluding ortho intramolecular Hbond substituents is 18. The van der Waals surface area contributed by atoms with Crippen LogP contribution < -0.4 is 0 Å². The van der Waals surface area contributed by atoms with Gasteiger partial charge in [0.25, 0.3) is 0 Å². The summed E-state index contributed by atoms with van der Waals surface area (Å²) in [5.41, 5.74) is 20.8. The number of benzene rings is 18. The first-order valence-electron chi connectivity index (χ1n) is 44.8. The third-order valence-corrected chi connectivity index (χ3v) is 24.6. The van der Waals surface area contributed by atoms with Crippen molar-refractivity contribution in [2.75, 3.05) is 0 Å². The molecule has 0 fully saturated rings. The van der Waals surface area contributed by atoms with E-state index in [1.54, 1.807) is 218 Å². The third-order valence-electron chi connectivity index (χ3n) is 24.6. The molecular formula is C119H100O19. The van der Waals surface area contributed by atoms with E-state index in [2.05, 4.69) is 0 Å². The maximum Gasteiger partial charge on any atom is 0.193 e. The highest BCUT2D eigenvalue weighted by Crippen LogP contribution is 2.45. The van der Waals surface area contributed by atoms with Gasteiger partial charge in [-0.2, -0.15) is 0 Å². The van der Waals surface area contributed by atoms with Crippen LogP contribution >= 0.6 is 0 Å². The number of hydrogen-bond donors (Lipinski definition) is 18. The highest BCUT2D eigenvalue weighted by Gasteiger charge is 2.26. The summed E-state index contributed by atoms with van der Waals surface area (Å²) in [4.78, 5) is 14.4. The lowest BCUT2D eigenvalue weighted by molar-refractivity contribution is 0.103. The summed E-state index contributed by atoms with van der Waals surface area (Å²) in [6, 6.07) is 100. The normalized spacial score (nSPS) is 11.1. The smallest absolute Gasteiger partial charge is 0.193 e. The van der Waals surface area contributed by atoms with Crippen molar-refractivity contribution in [1.29, 1.82) is 0 Å². The van der Waals surface area contributed by atoms with E-state index in [0.717, 1.165) is 88.7 Å². The molecule has 18 N–H and O–H groups in total. The number of carbonyl (C=O) groups is 1. The lowest BCUT2D eigenvalue weighted by atomic mass is 9.86. The number of rotatable bonds is 27. The Bertz CT molecular complexity index is 6640. The minimum absolute atomic E-state index is 0.0550. The van der Waals surface area contributed by atoms with E-state index in [1.165, 1.54) is 0 Å². The molecule has 0 spiro atoms. The molecule has 0 amide bonds. The zero-order valence-electron chi connectivity index (χ0n) is 74.9. The van der Waals surface area contributed by atoms with Crippen LogP contribution in [0, 0.1) is 0 Å². The summed E-state index contributed by atoms with van der Waals surface area (Å²) in [5.74, 6) is 2.26. The van der Waals surface area contributed by atoms with Gasteiger partial charge in [-0.1, -0.05) is 146 Å². The fourth-order valence-electron chi connectivity index (χ4n) is 17.3. The first kappa shape index (κ1) is 93.5. The second-order valence-corrected chi connectivity index (χ2v) is 34.8. The van der Waals surface area contributed by atoms with Gasteiger partial charge in [0.2, 0.25) is 0 Å². The summed E-state index contributed by atoms with van der Waals surface area (Å²) in [6.45, 7) is 0. The molecule has 18 aromatic rings. The quantitative estimate of drug-likeness (QED) is 0.0213. The predicted octanol–water partition coefficient (Wildman–Crippen LogP) is 22.9. The first-order chi connectivity index (χ1) is 66.5. The van der Waals surface area contributed by atoms with Crippen LogP contribution in [0.15, 0.2) is 352 Å². The molecule has 0 saturated carbocycles. The molecule has 0 bridgehead atoms. The SMILES string of the molecule is O=C(c1cc(Cc2ccc(O)cc2)c(O)c(Cc2ccc(O)cc2)c1)c1cc(Cc2ccc(O)cc2)c(O)c(Cc2ccc(O)cc2)c1.Oc1ccc(Cc2cc(-c3cc(Cc4ccc(O)cc4)c(O)c(Cc4ccc(O)cc4)c3)cc(Cc3ccc(O)cc3)c2O)cc1.Oc1ccc(Cc2cc3c(Cc4ccc(O)cc4)c(O)c(Cc4ccc(O)cc4)cc3c(Cc3ccc(O)cc3)c2O)cc1. The average molecular weight is 1830 g/mol. The van der Waals surface area contributed by atoms with E-state index in [0.29, 0.717) is 155 Å². The highest BCUT2D eigenvalue weighted by atomic mass is 16.3. The molecule has 0 unspecified atom stereocenters. The van der Waals surface area contributed by atoms with Gasteiger partial charge in [0.15, 0.2) is 5.78 Å². The molecule has 0 radical (unpaired) electrons. The van der Waals surface area contributed by atoms with Gasteiger partial charge in [0.05, 0.1) is 0 Å². The van der Waals surface area contributed by atoms with Crippen molar-refractivity contribution in [2.24, 2.45) is 0 Å². The van der Waals surface area contributed by atoms with Crippen LogP contribution in [0.4, 0.5) is 0 Å². The zero-order valence-corrected chi connectivity index (χ0v) is 74.9. The molecule has 0 aliphatic carbocycles. The Morgan fingerprint density at radius 2 is 0.268 bits per heavy atom. The van der Waals surface area contributed by atoms with Gasteiger partial charge in [0, 0.05) is 99.3 Å². The molecule has 0 aliphatic rings. The Morgan fingerprint density at radius 3 is 0.413 bits per heavy atom. The molecule has 0 aliphatic heterocycles. The van der Waals surface area contributed by atoms with E-state index in [9.17, 15) is 96.7 Å². The summed E-state index contributed by atoms with van der Waals surface area (Å²) >= 11 is 0.